The Hall–Kier alpha value is -4.41. The molecule has 1 fully saturated rings. The molecule has 2 aromatic carbocycles. The van der Waals surface area contributed by atoms with Crippen LogP contribution in [-0.2, 0) is 11.3 Å². The molecule has 1 aliphatic heterocycles. The summed E-state index contributed by atoms with van der Waals surface area (Å²) >= 11 is 0. The minimum Gasteiger partial charge on any atom is -0.497 e. The van der Waals surface area contributed by atoms with Crippen molar-refractivity contribution in [3.63, 3.8) is 0 Å². The third kappa shape index (κ3) is 7.99. The monoisotopic (exact) mass is 655 g/mol. The zero-order chi connectivity index (χ0) is 34.2. The van der Waals surface area contributed by atoms with Gasteiger partial charge in [0, 0.05) is 49.0 Å². The minimum atomic E-state index is -0.494. The molecule has 48 heavy (non-hydrogen) atoms. The molecule has 0 unspecified atom stereocenters. The lowest BCUT2D eigenvalue weighted by atomic mass is 9.92. The number of fused-ring (bicyclic) bond motifs is 1. The Morgan fingerprint density at radius 1 is 0.938 bits per heavy atom. The largest absolute Gasteiger partial charge is 0.497 e. The Balaban J connectivity index is 1.52. The van der Waals surface area contributed by atoms with E-state index in [9.17, 15) is 9.59 Å². The molecule has 0 spiro atoms. The molecule has 0 atom stereocenters. The Bertz CT molecular complexity index is 1750. The fourth-order valence-corrected chi connectivity index (χ4v) is 6.17. The van der Waals surface area contributed by atoms with Crippen molar-refractivity contribution in [3.8, 4) is 22.6 Å². The molecular formula is C38H49N5O5. The first-order valence-corrected chi connectivity index (χ1v) is 17.1. The third-order valence-electron chi connectivity index (χ3n) is 8.79. The van der Waals surface area contributed by atoms with E-state index in [1.54, 1.807) is 17.9 Å². The second kappa shape index (κ2) is 16.1. The zero-order valence-corrected chi connectivity index (χ0v) is 29.1. The lowest BCUT2D eigenvalue weighted by Crippen LogP contribution is -2.38. The van der Waals surface area contributed by atoms with Crippen molar-refractivity contribution < 1.29 is 19.0 Å². The number of amides is 2. The molecular weight excluding hydrogens is 606 g/mol. The van der Waals surface area contributed by atoms with Gasteiger partial charge in [-0.25, -0.2) is 9.78 Å². The summed E-state index contributed by atoms with van der Waals surface area (Å²) in [6.45, 7) is 15.7. The van der Waals surface area contributed by atoms with E-state index < -0.39 is 6.03 Å². The number of hydrogen-bond donors (Lipinski definition) is 2. The maximum absolute atomic E-state index is 14.3. The van der Waals surface area contributed by atoms with Gasteiger partial charge in [0.25, 0.3) is 5.56 Å². The molecule has 2 aromatic heterocycles. The van der Waals surface area contributed by atoms with Crippen LogP contribution < -0.4 is 25.7 Å². The van der Waals surface area contributed by atoms with Gasteiger partial charge in [0.15, 0.2) is 0 Å². The summed E-state index contributed by atoms with van der Waals surface area (Å²) in [4.78, 5) is 35.2. The number of urea groups is 1. The van der Waals surface area contributed by atoms with Gasteiger partial charge in [-0.3, -0.25) is 14.3 Å². The molecule has 10 nitrogen and oxygen atoms in total. The number of rotatable bonds is 13. The molecule has 256 valence electrons. The number of ether oxygens (including phenoxy) is 3. The molecule has 0 saturated carbocycles. The molecule has 2 N–H and O–H groups in total. The number of aromatic nitrogens is 2. The minimum absolute atomic E-state index is 0.103. The van der Waals surface area contributed by atoms with E-state index in [0.717, 1.165) is 79.2 Å². The lowest BCUT2D eigenvalue weighted by molar-refractivity contribution is 0.0322. The van der Waals surface area contributed by atoms with E-state index in [1.807, 2.05) is 48.5 Å². The van der Waals surface area contributed by atoms with Gasteiger partial charge in [0.05, 0.1) is 20.3 Å². The molecule has 1 saturated heterocycles. The van der Waals surface area contributed by atoms with Crippen LogP contribution in [0.3, 0.4) is 0 Å². The van der Waals surface area contributed by atoms with E-state index in [4.69, 9.17) is 14.2 Å². The Kier molecular flexibility index (Phi) is 11.7. The number of unbranched alkanes of at least 4 members (excludes halogenated alkanes) is 1. The van der Waals surface area contributed by atoms with Crippen molar-refractivity contribution in [1.82, 2.24) is 14.5 Å². The summed E-state index contributed by atoms with van der Waals surface area (Å²) in [6, 6.07) is 14.8. The van der Waals surface area contributed by atoms with Crippen LogP contribution in [0.1, 0.15) is 70.4 Å². The standard InChI is InChI=1S/C38H49N5O5/c1-7-8-15-43-36-30(13-10-14-39-36)33(27-11-9-12-28(22-27)46-6)35(37(43)44)41-38(45)40-34-31(25(2)3)23-29(24-32(34)26(4)5)48-21-18-42-16-19-47-20-17-42/h9-14,22-26H,7-8,15-21H2,1-6H3,(H2,40,41,45). The Morgan fingerprint density at radius 3 is 2.31 bits per heavy atom. The normalized spacial score (nSPS) is 13.7. The van der Waals surface area contributed by atoms with Gasteiger partial charge in [-0.1, -0.05) is 53.2 Å². The van der Waals surface area contributed by atoms with Crippen molar-refractivity contribution in [2.75, 3.05) is 57.2 Å². The highest BCUT2D eigenvalue weighted by molar-refractivity contribution is 6.08. The first-order chi connectivity index (χ1) is 23.2. The van der Waals surface area contributed by atoms with Crippen molar-refractivity contribution in [2.45, 2.75) is 65.8 Å². The van der Waals surface area contributed by atoms with Crippen LogP contribution in [0, 0.1) is 0 Å². The first kappa shape index (κ1) is 34.9. The zero-order valence-electron chi connectivity index (χ0n) is 29.1. The van der Waals surface area contributed by atoms with Crippen molar-refractivity contribution in [2.24, 2.45) is 0 Å². The van der Waals surface area contributed by atoms with Gasteiger partial charge >= 0.3 is 6.03 Å². The molecule has 2 amide bonds. The van der Waals surface area contributed by atoms with Gasteiger partial charge in [-0.15, -0.1) is 0 Å². The highest BCUT2D eigenvalue weighted by atomic mass is 16.5. The van der Waals surface area contributed by atoms with E-state index in [0.29, 0.717) is 30.1 Å². The van der Waals surface area contributed by atoms with Gasteiger partial charge < -0.3 is 24.8 Å². The number of nitrogens with one attached hydrogen (secondary N) is 2. The number of carbonyl (C=O) groups excluding carboxylic acids is 1. The molecule has 1 aliphatic rings. The van der Waals surface area contributed by atoms with Crippen LogP contribution >= 0.6 is 0 Å². The Labute approximate surface area is 283 Å². The predicted octanol–water partition coefficient (Wildman–Crippen LogP) is 7.47. The molecule has 0 radical (unpaired) electrons. The van der Waals surface area contributed by atoms with Gasteiger partial charge in [0.2, 0.25) is 0 Å². The summed E-state index contributed by atoms with van der Waals surface area (Å²) in [5, 5.41) is 6.90. The number of nitrogens with zero attached hydrogens (tertiary/aromatic N) is 3. The number of morpholine rings is 1. The number of anilines is 2. The van der Waals surface area contributed by atoms with Crippen LogP contribution in [0.4, 0.5) is 16.2 Å². The second-order valence-corrected chi connectivity index (χ2v) is 12.8. The number of methoxy groups -OCH3 is 1. The molecule has 10 heteroatoms. The number of aryl methyl sites for hydroxylation is 1. The summed E-state index contributed by atoms with van der Waals surface area (Å²) < 4.78 is 18.9. The van der Waals surface area contributed by atoms with Crippen molar-refractivity contribution >= 4 is 28.4 Å². The lowest BCUT2D eigenvalue weighted by Gasteiger charge is -2.27. The van der Waals surface area contributed by atoms with E-state index in [2.05, 4.69) is 55.1 Å². The second-order valence-electron chi connectivity index (χ2n) is 12.8. The number of carbonyl (C=O) groups is 1. The van der Waals surface area contributed by atoms with Gasteiger partial charge in [-0.05, 0) is 71.3 Å². The smallest absolute Gasteiger partial charge is 0.323 e. The fourth-order valence-electron chi connectivity index (χ4n) is 6.17. The maximum atomic E-state index is 14.3. The van der Waals surface area contributed by atoms with Crippen molar-refractivity contribution in [3.05, 3.63) is 76.2 Å². The maximum Gasteiger partial charge on any atom is 0.323 e. The highest BCUT2D eigenvalue weighted by Gasteiger charge is 2.24. The summed E-state index contributed by atoms with van der Waals surface area (Å²) in [7, 11) is 1.60. The highest BCUT2D eigenvalue weighted by Crippen LogP contribution is 2.38. The van der Waals surface area contributed by atoms with Gasteiger partial charge in [0.1, 0.15) is 29.4 Å². The van der Waals surface area contributed by atoms with E-state index >= 15 is 0 Å². The molecule has 4 aromatic rings. The molecule has 0 bridgehead atoms. The average Bonchev–Trinajstić information content (AvgIpc) is 3.09. The van der Waals surface area contributed by atoms with Crippen LogP contribution in [0.15, 0.2) is 59.5 Å². The summed E-state index contributed by atoms with van der Waals surface area (Å²) in [6.07, 6.45) is 3.40. The van der Waals surface area contributed by atoms with Crippen LogP contribution in [0.25, 0.3) is 22.2 Å². The number of benzene rings is 2. The third-order valence-corrected chi connectivity index (χ3v) is 8.79. The van der Waals surface area contributed by atoms with Crippen LogP contribution in [0.5, 0.6) is 11.5 Å². The molecule has 5 rings (SSSR count). The average molecular weight is 656 g/mol. The molecule has 0 aliphatic carbocycles. The SMILES string of the molecule is CCCCn1c(=O)c(NC(=O)Nc2c(C(C)C)cc(OCCN3CCOCC3)cc2C(C)C)c(-c2cccc(OC)c2)c2cccnc21. The number of hydrogen-bond acceptors (Lipinski definition) is 7. The Morgan fingerprint density at radius 2 is 1.65 bits per heavy atom. The topological polar surface area (TPSA) is 107 Å². The quantitative estimate of drug-likeness (QED) is 0.154. The van der Waals surface area contributed by atoms with E-state index in [-0.39, 0.29) is 23.1 Å². The molecule has 3 heterocycles. The first-order valence-electron chi connectivity index (χ1n) is 17.1. The fraction of sp³-hybridized carbons (Fsp3) is 0.447. The summed E-state index contributed by atoms with van der Waals surface area (Å²) in [5.41, 5.74) is 4.47. The van der Waals surface area contributed by atoms with Crippen LogP contribution in [0.2, 0.25) is 0 Å². The number of pyridine rings is 2. The van der Waals surface area contributed by atoms with Crippen LogP contribution in [-0.4, -0.2) is 67.0 Å². The van der Waals surface area contributed by atoms with Gasteiger partial charge in [-0.2, -0.15) is 0 Å². The van der Waals surface area contributed by atoms with E-state index in [1.165, 1.54) is 0 Å². The predicted molar refractivity (Wildman–Crippen MR) is 193 cm³/mol. The van der Waals surface area contributed by atoms with Crippen molar-refractivity contribution in [1.29, 1.82) is 0 Å². The summed E-state index contributed by atoms with van der Waals surface area (Å²) in [5.74, 6) is 1.63.